The van der Waals surface area contributed by atoms with Gasteiger partial charge in [0.15, 0.2) is 0 Å². The maximum absolute atomic E-state index is 4.72. The minimum atomic E-state index is 0.628. The molecule has 0 aliphatic rings. The molecular weight excluding hydrogens is 352 g/mol. The number of terminal acetylenes is 1. The standard InChI is InChI=1S/C3H4B.2HI.V/c1-3-4-2;;;/h1H,2H3;2*1H;/q;;;+2/p-2. The number of halogens is 2. The fraction of sp³-hybridized carbons (Fsp3) is 0.333. The molecule has 7 heavy (non-hydrogen) atoms. The Hall–Kier alpha value is 1.67. The van der Waals surface area contributed by atoms with Crippen LogP contribution in [0.15, 0.2) is 0 Å². The Bertz CT molecular complexity index is 51.4. The molecule has 0 heterocycles. The van der Waals surface area contributed by atoms with Crippen molar-refractivity contribution < 1.29 is 9.47 Å². The van der Waals surface area contributed by atoms with Gasteiger partial charge in [0.2, 0.25) is 7.28 Å². The topological polar surface area (TPSA) is 0 Å². The summed E-state index contributed by atoms with van der Waals surface area (Å²) in [6, 6.07) is 0. The molecule has 0 saturated heterocycles. The fourth-order valence-corrected chi connectivity index (χ4v) is 0. The van der Waals surface area contributed by atoms with E-state index < -0.39 is 0 Å². The summed E-state index contributed by atoms with van der Waals surface area (Å²) in [6.45, 7) is 1.82. The van der Waals surface area contributed by atoms with E-state index in [-0.39, 0.29) is 0 Å². The van der Waals surface area contributed by atoms with E-state index in [1.165, 1.54) is 0 Å². The number of rotatable bonds is 0. The molecule has 0 aliphatic heterocycles. The molecule has 38 valence electrons. The Labute approximate surface area is 74.7 Å². The maximum atomic E-state index is 4.72. The molecule has 0 amide bonds. The van der Waals surface area contributed by atoms with Crippen molar-refractivity contribution in [3.63, 3.8) is 0 Å². The summed E-state index contributed by atoms with van der Waals surface area (Å²) in [4.78, 5) is 0. The second-order valence-corrected chi connectivity index (χ2v) is 12.3. The van der Waals surface area contributed by atoms with E-state index >= 15 is 0 Å². The first-order chi connectivity index (χ1) is 3.33. The van der Waals surface area contributed by atoms with Crippen LogP contribution < -0.4 is 0 Å². The van der Waals surface area contributed by atoms with Crippen LogP contribution in [-0.4, -0.2) is 7.28 Å². The third-order valence-electron chi connectivity index (χ3n) is 0.167. The van der Waals surface area contributed by atoms with Gasteiger partial charge in [-0.2, -0.15) is 5.82 Å². The van der Waals surface area contributed by atoms with E-state index in [0.717, 1.165) is 0 Å². The van der Waals surface area contributed by atoms with Gasteiger partial charge in [-0.05, 0) is 0 Å². The molecule has 0 nitrogen and oxygen atoms in total. The molecule has 0 aromatic rings. The Balaban J connectivity index is 0. The Morgan fingerprint density at radius 3 is 1.86 bits per heavy atom. The average Bonchev–Trinajstić information content (AvgIpc) is 1.69. The molecule has 0 bridgehead atoms. The van der Waals surface area contributed by atoms with Crippen LogP contribution in [0.2, 0.25) is 6.82 Å². The van der Waals surface area contributed by atoms with Crippen LogP contribution in [0.3, 0.4) is 0 Å². The monoisotopic (exact) mass is 356 g/mol. The van der Waals surface area contributed by atoms with Gasteiger partial charge in [-0.25, -0.2) is 0 Å². The van der Waals surface area contributed by atoms with Gasteiger partial charge in [-0.15, -0.1) is 6.42 Å². The van der Waals surface area contributed by atoms with Crippen molar-refractivity contribution in [1.82, 2.24) is 0 Å². The van der Waals surface area contributed by atoms with Gasteiger partial charge in [0.05, 0.1) is 0 Å². The molecule has 0 aromatic carbocycles. The molecule has 0 N–H and O–H groups in total. The summed E-state index contributed by atoms with van der Waals surface area (Å²) in [6.07, 6.45) is 4.72. The molecule has 4 heteroatoms. The summed E-state index contributed by atoms with van der Waals surface area (Å²) in [5, 5.41) is 0. The summed E-state index contributed by atoms with van der Waals surface area (Å²) in [5.74, 6) is 2.31. The zero-order chi connectivity index (χ0) is 6.12. The fourth-order valence-electron chi connectivity index (χ4n) is 0. The zero-order valence-electron chi connectivity index (χ0n) is 3.86. The van der Waals surface area contributed by atoms with Crippen molar-refractivity contribution in [3.8, 4) is 12.2 Å². The van der Waals surface area contributed by atoms with Gasteiger partial charge in [-0.3, -0.25) is 0 Å². The molecule has 0 unspecified atom stereocenters. The average molecular weight is 356 g/mol. The Morgan fingerprint density at radius 1 is 1.71 bits per heavy atom. The van der Waals surface area contributed by atoms with Crippen LogP contribution in [0.5, 0.6) is 0 Å². The first-order valence-electron chi connectivity index (χ1n) is 1.49. The Kier molecular flexibility index (Phi) is 25.6. The molecule has 0 atom stereocenters. The quantitative estimate of drug-likeness (QED) is 0.355. The van der Waals surface area contributed by atoms with Crippen LogP contribution in [-0.2, 0) is 9.47 Å². The van der Waals surface area contributed by atoms with Gasteiger partial charge in [0.1, 0.15) is 0 Å². The van der Waals surface area contributed by atoms with E-state index in [1.54, 1.807) is 7.28 Å². The minimum absolute atomic E-state index is 0.628. The second-order valence-electron chi connectivity index (χ2n) is 0.519. The molecule has 0 rings (SSSR count). The third kappa shape index (κ3) is 34.6. The molecule has 0 aromatic heterocycles. The van der Waals surface area contributed by atoms with Crippen molar-refractivity contribution in [2.45, 2.75) is 6.82 Å². The van der Waals surface area contributed by atoms with Gasteiger partial charge in [0.25, 0.3) is 0 Å². The van der Waals surface area contributed by atoms with Crippen LogP contribution in [0.25, 0.3) is 0 Å². The Morgan fingerprint density at radius 2 is 1.86 bits per heavy atom. The van der Waals surface area contributed by atoms with Gasteiger partial charge >= 0.3 is 49.4 Å². The van der Waals surface area contributed by atoms with Crippen molar-refractivity contribution >= 4 is 47.2 Å². The molecule has 0 aliphatic carbocycles. The second kappa shape index (κ2) is 15.6. The molecule has 0 spiro atoms. The van der Waals surface area contributed by atoms with Crippen molar-refractivity contribution in [2.24, 2.45) is 0 Å². The van der Waals surface area contributed by atoms with Crippen molar-refractivity contribution in [3.05, 3.63) is 0 Å². The SMILES string of the molecule is C#C[B]C.[I][V][I]. The predicted molar refractivity (Wildman–Crippen MR) is 48.5 cm³/mol. The van der Waals surface area contributed by atoms with Crippen LogP contribution in [0.4, 0.5) is 0 Å². The summed E-state index contributed by atoms with van der Waals surface area (Å²) < 4.78 is 0. The molecular formula is C3H4BI2V. The van der Waals surface area contributed by atoms with Crippen LogP contribution >= 0.6 is 40.0 Å². The van der Waals surface area contributed by atoms with E-state index in [2.05, 4.69) is 45.8 Å². The van der Waals surface area contributed by atoms with Gasteiger partial charge in [0, 0.05) is 0 Å². The van der Waals surface area contributed by atoms with Crippen LogP contribution in [0.1, 0.15) is 0 Å². The first kappa shape index (κ1) is 11.5. The molecule has 0 saturated carbocycles. The van der Waals surface area contributed by atoms with Crippen molar-refractivity contribution in [2.75, 3.05) is 0 Å². The van der Waals surface area contributed by atoms with E-state index in [0.29, 0.717) is 9.47 Å². The molecule has 0 fully saturated rings. The summed E-state index contributed by atoms with van der Waals surface area (Å²) >= 11 is 4.74. The van der Waals surface area contributed by atoms with E-state index in [9.17, 15) is 0 Å². The van der Waals surface area contributed by atoms with E-state index in [1.807, 2.05) is 6.82 Å². The summed E-state index contributed by atoms with van der Waals surface area (Å²) in [7, 11) is 2.28. The first-order valence-corrected chi connectivity index (χ1v) is 10.5. The van der Waals surface area contributed by atoms with Crippen LogP contribution in [0, 0.1) is 12.2 Å². The van der Waals surface area contributed by atoms with E-state index in [4.69, 9.17) is 6.42 Å². The normalized spacial score (nSPS) is 4.29. The number of hydrogen-bond donors (Lipinski definition) is 0. The molecule has 1 radical (unpaired) electrons. The number of hydrogen-bond acceptors (Lipinski definition) is 0. The van der Waals surface area contributed by atoms with Crippen molar-refractivity contribution in [1.29, 1.82) is 0 Å². The summed E-state index contributed by atoms with van der Waals surface area (Å²) in [5.41, 5.74) is 0. The van der Waals surface area contributed by atoms with Gasteiger partial charge < -0.3 is 0 Å². The zero-order valence-corrected chi connectivity index (χ0v) is 9.57. The van der Waals surface area contributed by atoms with Gasteiger partial charge in [-0.1, -0.05) is 6.82 Å². The third-order valence-corrected chi connectivity index (χ3v) is 0.167. The predicted octanol–water partition coefficient (Wildman–Crippen LogP) is 2.10.